The summed E-state index contributed by atoms with van der Waals surface area (Å²) in [6.45, 7) is 7.14. The molecule has 1 unspecified atom stereocenters. The van der Waals surface area contributed by atoms with Gasteiger partial charge in [0.05, 0.1) is 11.1 Å². The average Bonchev–Trinajstić information content (AvgIpc) is 2.77. The Morgan fingerprint density at radius 1 is 0.972 bits per heavy atom. The SMILES string of the molecule is CCCC1=C(O)C(CCC)(CCC)CC(C(=O)C(C)Cc2ccc(C(F)(F)F)cc2C(F)(F)F)=C1O. The van der Waals surface area contributed by atoms with E-state index in [-0.39, 0.29) is 35.2 Å². The lowest BCUT2D eigenvalue weighted by Gasteiger charge is -2.39. The monoisotopic (exact) mass is 520 g/mol. The van der Waals surface area contributed by atoms with Crippen LogP contribution in [-0.2, 0) is 23.6 Å². The maximum absolute atomic E-state index is 13.6. The number of aliphatic hydroxyl groups excluding tert-OH is 2. The predicted molar refractivity (Wildman–Crippen MR) is 125 cm³/mol. The maximum Gasteiger partial charge on any atom is 0.416 e. The second kappa shape index (κ2) is 11.3. The highest BCUT2D eigenvalue weighted by Gasteiger charge is 2.44. The van der Waals surface area contributed by atoms with E-state index in [1.54, 1.807) is 0 Å². The molecule has 2 N–H and O–H groups in total. The molecule has 0 aromatic heterocycles. The second-order valence-electron chi connectivity index (χ2n) is 9.70. The van der Waals surface area contributed by atoms with E-state index in [1.807, 2.05) is 20.8 Å². The molecule has 202 valence electrons. The van der Waals surface area contributed by atoms with Crippen molar-refractivity contribution in [3.05, 3.63) is 57.6 Å². The summed E-state index contributed by atoms with van der Waals surface area (Å²) in [5.74, 6) is -1.88. The smallest absolute Gasteiger partial charge is 0.416 e. The van der Waals surface area contributed by atoms with Gasteiger partial charge in [-0.1, -0.05) is 53.0 Å². The van der Waals surface area contributed by atoms with Gasteiger partial charge in [0, 0.05) is 22.5 Å². The summed E-state index contributed by atoms with van der Waals surface area (Å²) in [4.78, 5) is 13.5. The van der Waals surface area contributed by atoms with Gasteiger partial charge < -0.3 is 10.2 Å². The van der Waals surface area contributed by atoms with Crippen LogP contribution in [0.4, 0.5) is 26.3 Å². The Morgan fingerprint density at radius 3 is 2.03 bits per heavy atom. The van der Waals surface area contributed by atoms with Crippen LogP contribution in [0.2, 0.25) is 0 Å². The van der Waals surface area contributed by atoms with Gasteiger partial charge in [-0.05, 0) is 49.8 Å². The van der Waals surface area contributed by atoms with Gasteiger partial charge in [-0.2, -0.15) is 26.3 Å². The summed E-state index contributed by atoms with van der Waals surface area (Å²) in [7, 11) is 0. The largest absolute Gasteiger partial charge is 0.511 e. The van der Waals surface area contributed by atoms with E-state index in [2.05, 4.69) is 0 Å². The number of rotatable bonds is 10. The van der Waals surface area contributed by atoms with E-state index in [0.717, 1.165) is 6.07 Å². The molecular weight excluding hydrogens is 486 g/mol. The number of ketones is 1. The topological polar surface area (TPSA) is 57.5 Å². The molecule has 9 heteroatoms. The van der Waals surface area contributed by atoms with Crippen LogP contribution in [0.15, 0.2) is 40.9 Å². The van der Waals surface area contributed by atoms with Gasteiger partial charge in [-0.15, -0.1) is 0 Å². The Hall–Kier alpha value is -2.45. The number of halogens is 6. The molecule has 0 spiro atoms. The Kier molecular flexibility index (Phi) is 9.35. The molecule has 0 bridgehead atoms. The molecule has 1 aliphatic carbocycles. The molecule has 1 aromatic rings. The van der Waals surface area contributed by atoms with Crippen LogP contribution < -0.4 is 0 Å². The predicted octanol–water partition coefficient (Wildman–Crippen LogP) is 8.89. The van der Waals surface area contributed by atoms with Crippen LogP contribution in [0.25, 0.3) is 0 Å². The fourth-order valence-electron chi connectivity index (χ4n) is 5.22. The van der Waals surface area contributed by atoms with Crippen molar-refractivity contribution in [1.82, 2.24) is 0 Å². The third-order valence-electron chi connectivity index (χ3n) is 6.85. The summed E-state index contributed by atoms with van der Waals surface area (Å²) in [6, 6.07) is 1.40. The zero-order valence-electron chi connectivity index (χ0n) is 21.0. The summed E-state index contributed by atoms with van der Waals surface area (Å²) in [5.41, 5.74) is -3.69. The molecule has 0 radical (unpaired) electrons. The Labute approximate surface area is 207 Å². The van der Waals surface area contributed by atoms with E-state index in [4.69, 9.17) is 0 Å². The molecule has 36 heavy (non-hydrogen) atoms. The fourth-order valence-corrected chi connectivity index (χ4v) is 5.22. The zero-order chi connectivity index (χ0) is 27.5. The van der Waals surface area contributed by atoms with Gasteiger partial charge in [0.2, 0.25) is 0 Å². The second-order valence-corrected chi connectivity index (χ2v) is 9.70. The number of alkyl halides is 6. The normalized spacial score (nSPS) is 17.5. The van der Waals surface area contributed by atoms with Gasteiger partial charge in [-0.25, -0.2) is 0 Å². The zero-order valence-corrected chi connectivity index (χ0v) is 21.0. The van der Waals surface area contributed by atoms with Crippen molar-refractivity contribution in [3.8, 4) is 0 Å². The lowest BCUT2D eigenvalue weighted by atomic mass is 9.66. The van der Waals surface area contributed by atoms with E-state index < -0.39 is 52.6 Å². The molecule has 2 rings (SSSR count). The highest BCUT2D eigenvalue weighted by Crippen LogP contribution is 2.50. The fraction of sp³-hybridized carbons (Fsp3) is 0.593. The van der Waals surface area contributed by atoms with Gasteiger partial charge in [0.1, 0.15) is 11.5 Å². The van der Waals surface area contributed by atoms with Crippen LogP contribution in [0, 0.1) is 11.3 Å². The Bertz CT molecular complexity index is 1010. The minimum absolute atomic E-state index is 0.0574. The molecule has 0 aliphatic heterocycles. The molecule has 0 heterocycles. The third kappa shape index (κ3) is 6.27. The van der Waals surface area contributed by atoms with Gasteiger partial charge in [0.25, 0.3) is 0 Å². The summed E-state index contributed by atoms with van der Waals surface area (Å²) in [6.07, 6.45) is -6.90. The van der Waals surface area contributed by atoms with Crippen LogP contribution in [0.3, 0.4) is 0 Å². The first-order valence-corrected chi connectivity index (χ1v) is 12.3. The van der Waals surface area contributed by atoms with E-state index in [0.29, 0.717) is 44.6 Å². The number of allylic oxidation sites excluding steroid dienone is 3. The number of benzene rings is 1. The van der Waals surface area contributed by atoms with Crippen LogP contribution in [0.1, 0.15) is 89.3 Å². The maximum atomic E-state index is 13.6. The highest BCUT2D eigenvalue weighted by molar-refractivity contribution is 5.98. The molecule has 1 aromatic carbocycles. The molecule has 0 saturated heterocycles. The van der Waals surface area contributed by atoms with Crippen LogP contribution >= 0.6 is 0 Å². The average molecular weight is 521 g/mol. The van der Waals surface area contributed by atoms with Crippen LogP contribution in [0.5, 0.6) is 0 Å². The highest BCUT2D eigenvalue weighted by atomic mass is 19.4. The van der Waals surface area contributed by atoms with E-state index >= 15 is 0 Å². The lowest BCUT2D eigenvalue weighted by molar-refractivity contribution is -0.143. The molecule has 0 amide bonds. The van der Waals surface area contributed by atoms with Crippen molar-refractivity contribution in [1.29, 1.82) is 0 Å². The van der Waals surface area contributed by atoms with Crippen molar-refractivity contribution in [3.63, 3.8) is 0 Å². The first-order valence-electron chi connectivity index (χ1n) is 12.3. The van der Waals surface area contributed by atoms with Gasteiger partial charge in [-0.3, -0.25) is 4.79 Å². The number of carbonyl (C=O) groups is 1. The Morgan fingerprint density at radius 2 is 1.56 bits per heavy atom. The standard InChI is InChI=1S/C27H34F6O3/c1-5-8-19-23(35)20(15-25(11-6-2,12-7-3)24(19)36)22(34)16(4)13-17-9-10-18(26(28,29)30)14-21(17)27(31,32)33/h9-10,14,16,35-36H,5-8,11-13,15H2,1-4H3. The minimum atomic E-state index is -5.04. The van der Waals surface area contributed by atoms with Crippen molar-refractivity contribution in [2.75, 3.05) is 0 Å². The summed E-state index contributed by atoms with van der Waals surface area (Å²) >= 11 is 0. The quantitative estimate of drug-likeness (QED) is 0.303. The first-order chi connectivity index (χ1) is 16.6. The van der Waals surface area contributed by atoms with Crippen LogP contribution in [-0.4, -0.2) is 16.0 Å². The molecule has 1 atom stereocenters. The van der Waals surface area contributed by atoms with Gasteiger partial charge >= 0.3 is 12.4 Å². The van der Waals surface area contributed by atoms with E-state index in [9.17, 15) is 41.4 Å². The van der Waals surface area contributed by atoms with E-state index in [1.165, 1.54) is 6.92 Å². The number of Topliss-reactive ketones (excluding diaryl/α,β-unsaturated/α-hetero) is 1. The molecule has 0 fully saturated rings. The number of hydrogen-bond acceptors (Lipinski definition) is 3. The Balaban J connectivity index is 2.50. The minimum Gasteiger partial charge on any atom is -0.511 e. The number of aliphatic hydroxyl groups is 2. The molecular formula is C27H34F6O3. The number of hydrogen-bond donors (Lipinski definition) is 2. The molecule has 0 saturated carbocycles. The third-order valence-corrected chi connectivity index (χ3v) is 6.85. The molecule has 1 aliphatic rings. The summed E-state index contributed by atoms with van der Waals surface area (Å²) < 4.78 is 79.8. The first kappa shape index (κ1) is 29.8. The van der Waals surface area contributed by atoms with Crippen molar-refractivity contribution >= 4 is 5.78 Å². The van der Waals surface area contributed by atoms with Crippen molar-refractivity contribution in [2.45, 2.75) is 91.4 Å². The molecule has 3 nitrogen and oxygen atoms in total. The lowest BCUT2D eigenvalue weighted by Crippen LogP contribution is -2.33. The van der Waals surface area contributed by atoms with Gasteiger partial charge in [0.15, 0.2) is 5.78 Å². The summed E-state index contributed by atoms with van der Waals surface area (Å²) in [5, 5.41) is 22.0. The number of carbonyl (C=O) groups excluding carboxylic acids is 1. The van der Waals surface area contributed by atoms with Crippen molar-refractivity contribution < 1.29 is 41.4 Å². The van der Waals surface area contributed by atoms with Crippen molar-refractivity contribution in [2.24, 2.45) is 11.3 Å².